The van der Waals surface area contributed by atoms with Crippen molar-refractivity contribution < 1.29 is 4.52 Å². The summed E-state index contributed by atoms with van der Waals surface area (Å²) in [4.78, 5) is 4.28. The molecule has 1 unspecified atom stereocenters. The largest absolute Gasteiger partial charge is 0.339 e. The maximum Gasteiger partial charge on any atom is 0.226 e. The summed E-state index contributed by atoms with van der Waals surface area (Å²) in [6, 6.07) is -0.0851. The van der Waals surface area contributed by atoms with Crippen LogP contribution in [-0.4, -0.2) is 10.1 Å². The molecule has 0 saturated carbocycles. The number of hydrogen-bond acceptors (Lipinski definition) is 4. The number of nitrogens with two attached hydrogens (primary N) is 1. The highest BCUT2D eigenvalue weighted by Gasteiger charge is 2.11. The monoisotopic (exact) mass is 211 g/mol. The molecule has 0 bridgehead atoms. The van der Waals surface area contributed by atoms with Crippen molar-refractivity contribution in [2.75, 3.05) is 0 Å². The zero-order valence-corrected chi connectivity index (χ0v) is 9.70. The molecular formula is C11H21N3O. The lowest BCUT2D eigenvalue weighted by Gasteiger charge is -1.99. The Balaban J connectivity index is 2.33. The van der Waals surface area contributed by atoms with E-state index < -0.39 is 0 Å². The van der Waals surface area contributed by atoms with E-state index in [1.807, 2.05) is 6.92 Å². The highest BCUT2D eigenvalue weighted by molar-refractivity contribution is 4.92. The van der Waals surface area contributed by atoms with E-state index in [0.29, 0.717) is 5.82 Å². The minimum atomic E-state index is -0.0851. The standard InChI is InChI=1S/C11H21N3O/c1-3-5-6-7-8-10-13-11(14-15-10)9(12)4-2/h9H,3-8,12H2,1-2H3. The van der Waals surface area contributed by atoms with Gasteiger partial charge >= 0.3 is 0 Å². The predicted molar refractivity (Wildman–Crippen MR) is 59.4 cm³/mol. The molecule has 4 heteroatoms. The molecule has 15 heavy (non-hydrogen) atoms. The van der Waals surface area contributed by atoms with Gasteiger partial charge < -0.3 is 10.3 Å². The summed E-state index contributed by atoms with van der Waals surface area (Å²) in [5.74, 6) is 1.37. The molecule has 0 aliphatic heterocycles. The van der Waals surface area contributed by atoms with E-state index in [0.717, 1.165) is 25.2 Å². The summed E-state index contributed by atoms with van der Waals surface area (Å²) >= 11 is 0. The van der Waals surface area contributed by atoms with Gasteiger partial charge in [0.25, 0.3) is 0 Å². The van der Waals surface area contributed by atoms with Crippen molar-refractivity contribution in [3.05, 3.63) is 11.7 Å². The van der Waals surface area contributed by atoms with Crippen molar-refractivity contribution in [1.82, 2.24) is 10.1 Å². The molecule has 0 saturated heterocycles. The second kappa shape index (κ2) is 6.56. The van der Waals surface area contributed by atoms with E-state index in [4.69, 9.17) is 10.3 Å². The fourth-order valence-corrected chi connectivity index (χ4v) is 1.41. The molecule has 0 spiro atoms. The summed E-state index contributed by atoms with van der Waals surface area (Å²) in [6.45, 7) is 4.22. The Morgan fingerprint density at radius 1 is 1.27 bits per heavy atom. The Kier molecular flexibility index (Phi) is 5.32. The minimum Gasteiger partial charge on any atom is -0.339 e. The topological polar surface area (TPSA) is 64.9 Å². The van der Waals surface area contributed by atoms with Gasteiger partial charge in [0.05, 0.1) is 6.04 Å². The summed E-state index contributed by atoms with van der Waals surface area (Å²) in [5.41, 5.74) is 5.80. The highest BCUT2D eigenvalue weighted by Crippen LogP contribution is 2.11. The van der Waals surface area contributed by atoms with Crippen molar-refractivity contribution in [3.63, 3.8) is 0 Å². The zero-order chi connectivity index (χ0) is 11.1. The zero-order valence-electron chi connectivity index (χ0n) is 9.70. The van der Waals surface area contributed by atoms with Crippen LogP contribution in [0.15, 0.2) is 4.52 Å². The maximum absolute atomic E-state index is 5.80. The lowest BCUT2D eigenvalue weighted by atomic mass is 10.1. The molecule has 2 N–H and O–H groups in total. The number of aromatic nitrogens is 2. The first kappa shape index (κ1) is 12.2. The molecular weight excluding hydrogens is 190 g/mol. The van der Waals surface area contributed by atoms with Crippen molar-refractivity contribution >= 4 is 0 Å². The average Bonchev–Trinajstić information content (AvgIpc) is 2.72. The molecule has 0 aromatic carbocycles. The predicted octanol–water partition coefficient (Wildman–Crippen LogP) is 2.60. The van der Waals surface area contributed by atoms with Gasteiger partial charge in [-0.3, -0.25) is 0 Å². The number of nitrogens with zero attached hydrogens (tertiary/aromatic N) is 2. The lowest BCUT2D eigenvalue weighted by molar-refractivity contribution is 0.365. The van der Waals surface area contributed by atoms with Crippen LogP contribution in [0, 0.1) is 0 Å². The smallest absolute Gasteiger partial charge is 0.226 e. The molecule has 1 rings (SSSR count). The van der Waals surface area contributed by atoms with Crippen LogP contribution >= 0.6 is 0 Å². The van der Waals surface area contributed by atoms with Crippen LogP contribution in [0.4, 0.5) is 0 Å². The first-order chi connectivity index (χ1) is 7.27. The van der Waals surface area contributed by atoms with E-state index in [2.05, 4.69) is 17.1 Å². The molecule has 1 heterocycles. The van der Waals surface area contributed by atoms with E-state index in [9.17, 15) is 0 Å². The van der Waals surface area contributed by atoms with Gasteiger partial charge in [0.1, 0.15) is 0 Å². The van der Waals surface area contributed by atoms with Gasteiger partial charge in [-0.25, -0.2) is 0 Å². The molecule has 1 atom stereocenters. The molecule has 0 amide bonds. The van der Waals surface area contributed by atoms with Gasteiger partial charge in [0.15, 0.2) is 5.82 Å². The van der Waals surface area contributed by atoms with E-state index in [1.54, 1.807) is 0 Å². The van der Waals surface area contributed by atoms with Crippen LogP contribution in [0.5, 0.6) is 0 Å². The van der Waals surface area contributed by atoms with Gasteiger partial charge in [-0.15, -0.1) is 0 Å². The van der Waals surface area contributed by atoms with Crippen molar-refractivity contribution in [2.24, 2.45) is 5.73 Å². The van der Waals surface area contributed by atoms with Crippen LogP contribution in [0.25, 0.3) is 0 Å². The SMILES string of the molecule is CCCCCCc1nc(C(N)CC)no1. The van der Waals surface area contributed by atoms with Crippen LogP contribution in [0.3, 0.4) is 0 Å². The van der Waals surface area contributed by atoms with Crippen LogP contribution in [-0.2, 0) is 6.42 Å². The maximum atomic E-state index is 5.80. The van der Waals surface area contributed by atoms with Crippen molar-refractivity contribution in [3.8, 4) is 0 Å². The highest BCUT2D eigenvalue weighted by atomic mass is 16.5. The molecule has 0 radical (unpaired) electrons. The van der Waals surface area contributed by atoms with Crippen LogP contribution in [0.2, 0.25) is 0 Å². The molecule has 0 fully saturated rings. The normalized spacial score (nSPS) is 13.0. The Morgan fingerprint density at radius 2 is 2.07 bits per heavy atom. The van der Waals surface area contributed by atoms with Crippen LogP contribution < -0.4 is 5.73 Å². The van der Waals surface area contributed by atoms with Gasteiger partial charge in [-0.05, 0) is 12.8 Å². The van der Waals surface area contributed by atoms with Gasteiger partial charge in [0, 0.05) is 6.42 Å². The quantitative estimate of drug-likeness (QED) is 0.704. The molecule has 0 aliphatic carbocycles. The average molecular weight is 211 g/mol. The van der Waals surface area contributed by atoms with Gasteiger partial charge in [-0.2, -0.15) is 4.98 Å². The second-order valence-corrected chi connectivity index (χ2v) is 3.87. The van der Waals surface area contributed by atoms with Gasteiger partial charge in [-0.1, -0.05) is 38.3 Å². The third-order valence-electron chi connectivity index (χ3n) is 2.50. The van der Waals surface area contributed by atoms with E-state index >= 15 is 0 Å². The third-order valence-corrected chi connectivity index (χ3v) is 2.50. The number of aryl methyl sites for hydroxylation is 1. The Labute approximate surface area is 91.2 Å². The molecule has 86 valence electrons. The van der Waals surface area contributed by atoms with E-state index in [1.165, 1.54) is 19.3 Å². The summed E-state index contributed by atoms with van der Waals surface area (Å²) in [6.07, 6.45) is 6.59. The number of unbranched alkanes of at least 4 members (excludes halogenated alkanes) is 3. The molecule has 1 aromatic rings. The van der Waals surface area contributed by atoms with E-state index in [-0.39, 0.29) is 6.04 Å². The molecule has 4 nitrogen and oxygen atoms in total. The Bertz CT molecular complexity index is 273. The first-order valence-corrected chi connectivity index (χ1v) is 5.86. The van der Waals surface area contributed by atoms with Crippen molar-refractivity contribution in [2.45, 2.75) is 58.4 Å². The molecule has 0 aliphatic rings. The number of hydrogen-bond donors (Lipinski definition) is 1. The van der Waals surface area contributed by atoms with Crippen molar-refractivity contribution in [1.29, 1.82) is 0 Å². The lowest BCUT2D eigenvalue weighted by Crippen LogP contribution is -2.10. The Hall–Kier alpha value is -0.900. The first-order valence-electron chi connectivity index (χ1n) is 5.86. The summed E-state index contributed by atoms with van der Waals surface area (Å²) < 4.78 is 5.13. The summed E-state index contributed by atoms with van der Waals surface area (Å²) in [5, 5.41) is 3.87. The fourth-order valence-electron chi connectivity index (χ4n) is 1.41. The Morgan fingerprint density at radius 3 is 2.73 bits per heavy atom. The second-order valence-electron chi connectivity index (χ2n) is 3.87. The number of rotatable bonds is 7. The summed E-state index contributed by atoms with van der Waals surface area (Å²) in [7, 11) is 0. The van der Waals surface area contributed by atoms with Crippen LogP contribution in [0.1, 0.15) is 63.7 Å². The fraction of sp³-hybridized carbons (Fsp3) is 0.818. The third kappa shape index (κ3) is 4.00. The molecule has 1 aromatic heterocycles. The minimum absolute atomic E-state index is 0.0851. The van der Waals surface area contributed by atoms with Gasteiger partial charge in [0.2, 0.25) is 5.89 Å².